The van der Waals surface area contributed by atoms with Gasteiger partial charge in [0.25, 0.3) is 0 Å². The molecule has 2 aromatic carbocycles. The zero-order valence-corrected chi connectivity index (χ0v) is 11.5. The zero-order valence-electron chi connectivity index (χ0n) is 11.5. The number of carbonyl (C=O) groups is 1. The molecular weight excluding hydrogens is 262 g/mol. The molecule has 2 rings (SSSR count). The van der Waals surface area contributed by atoms with Gasteiger partial charge in [0, 0.05) is 5.56 Å². The molecular formula is C18H15NO2. The second-order valence-electron chi connectivity index (χ2n) is 4.44. The van der Waals surface area contributed by atoms with Gasteiger partial charge in [-0.05, 0) is 17.7 Å². The SMILES string of the molecule is N#Cc1ccc(C(=O)COCC=Cc2ccccc2)cc1. The van der Waals surface area contributed by atoms with Gasteiger partial charge in [0.2, 0.25) is 0 Å². The minimum atomic E-state index is -0.0902. The lowest BCUT2D eigenvalue weighted by molar-refractivity contribution is 0.0806. The van der Waals surface area contributed by atoms with Crippen LogP contribution in [0.2, 0.25) is 0 Å². The van der Waals surface area contributed by atoms with Crippen LogP contribution in [-0.4, -0.2) is 19.0 Å². The van der Waals surface area contributed by atoms with Crippen LogP contribution in [0, 0.1) is 11.3 Å². The topological polar surface area (TPSA) is 50.1 Å². The fraction of sp³-hybridized carbons (Fsp3) is 0.111. The molecule has 0 N–H and O–H groups in total. The molecule has 0 aliphatic carbocycles. The summed E-state index contributed by atoms with van der Waals surface area (Å²) in [4.78, 5) is 11.8. The highest BCUT2D eigenvalue weighted by Gasteiger charge is 2.05. The zero-order chi connectivity index (χ0) is 14.9. The molecule has 0 spiro atoms. The predicted molar refractivity (Wildman–Crippen MR) is 81.8 cm³/mol. The minimum absolute atomic E-state index is 0.0328. The Hall–Kier alpha value is -2.70. The molecule has 0 aliphatic heterocycles. The van der Waals surface area contributed by atoms with Crippen molar-refractivity contribution in [1.29, 1.82) is 5.26 Å². The third-order valence-electron chi connectivity index (χ3n) is 2.89. The summed E-state index contributed by atoms with van der Waals surface area (Å²) in [5.74, 6) is -0.0902. The van der Waals surface area contributed by atoms with Crippen molar-refractivity contribution >= 4 is 11.9 Å². The van der Waals surface area contributed by atoms with Crippen molar-refractivity contribution in [2.75, 3.05) is 13.2 Å². The van der Waals surface area contributed by atoms with Crippen LogP contribution < -0.4 is 0 Å². The highest BCUT2D eigenvalue weighted by atomic mass is 16.5. The maximum absolute atomic E-state index is 11.8. The van der Waals surface area contributed by atoms with E-state index < -0.39 is 0 Å². The molecule has 0 heterocycles. The van der Waals surface area contributed by atoms with Gasteiger partial charge in [-0.3, -0.25) is 4.79 Å². The first kappa shape index (κ1) is 14.7. The minimum Gasteiger partial charge on any atom is -0.369 e. The summed E-state index contributed by atoms with van der Waals surface area (Å²) in [5, 5.41) is 8.69. The molecule has 0 saturated carbocycles. The van der Waals surface area contributed by atoms with Gasteiger partial charge in [-0.1, -0.05) is 54.6 Å². The van der Waals surface area contributed by atoms with Crippen LogP contribution in [0.1, 0.15) is 21.5 Å². The van der Waals surface area contributed by atoms with Crippen LogP contribution in [-0.2, 0) is 4.74 Å². The van der Waals surface area contributed by atoms with Gasteiger partial charge in [0.05, 0.1) is 18.2 Å². The van der Waals surface area contributed by atoms with E-state index in [-0.39, 0.29) is 12.4 Å². The van der Waals surface area contributed by atoms with Crippen LogP contribution in [0.5, 0.6) is 0 Å². The maximum Gasteiger partial charge on any atom is 0.188 e. The molecule has 0 fully saturated rings. The first-order valence-electron chi connectivity index (χ1n) is 6.62. The Kier molecular flexibility index (Phi) is 5.45. The second kappa shape index (κ2) is 7.78. The summed E-state index contributed by atoms with van der Waals surface area (Å²) in [6.07, 6.45) is 3.83. The monoisotopic (exact) mass is 277 g/mol. The number of benzene rings is 2. The van der Waals surface area contributed by atoms with E-state index in [1.807, 2.05) is 48.6 Å². The van der Waals surface area contributed by atoms with Crippen molar-refractivity contribution in [3.05, 3.63) is 77.4 Å². The molecule has 0 atom stereocenters. The first-order valence-corrected chi connectivity index (χ1v) is 6.62. The molecule has 2 aromatic rings. The van der Waals surface area contributed by atoms with Gasteiger partial charge in [-0.25, -0.2) is 0 Å². The van der Waals surface area contributed by atoms with Gasteiger partial charge in [0.15, 0.2) is 5.78 Å². The summed E-state index contributed by atoms with van der Waals surface area (Å²) in [5.41, 5.74) is 2.19. The lowest BCUT2D eigenvalue weighted by Crippen LogP contribution is -2.09. The summed E-state index contributed by atoms with van der Waals surface area (Å²) < 4.78 is 5.33. The number of nitrogens with zero attached hydrogens (tertiary/aromatic N) is 1. The summed E-state index contributed by atoms with van der Waals surface area (Å²) >= 11 is 0. The van der Waals surface area contributed by atoms with Gasteiger partial charge in [-0.2, -0.15) is 5.26 Å². The molecule has 0 bridgehead atoms. The normalized spacial score (nSPS) is 10.4. The third kappa shape index (κ3) is 4.72. The van der Waals surface area contributed by atoms with E-state index in [1.54, 1.807) is 24.3 Å². The lowest BCUT2D eigenvalue weighted by atomic mass is 10.1. The van der Waals surface area contributed by atoms with E-state index in [4.69, 9.17) is 10.00 Å². The smallest absolute Gasteiger partial charge is 0.188 e. The van der Waals surface area contributed by atoms with Gasteiger partial charge >= 0.3 is 0 Å². The van der Waals surface area contributed by atoms with Crippen molar-refractivity contribution in [3.63, 3.8) is 0 Å². The van der Waals surface area contributed by atoms with Crippen LogP contribution in [0.3, 0.4) is 0 Å². The molecule has 0 aromatic heterocycles. The fourth-order valence-corrected chi connectivity index (χ4v) is 1.78. The summed E-state index contributed by atoms with van der Waals surface area (Å²) in [7, 11) is 0. The fourth-order valence-electron chi connectivity index (χ4n) is 1.78. The third-order valence-corrected chi connectivity index (χ3v) is 2.89. The summed E-state index contributed by atoms with van der Waals surface area (Å²) in [6.45, 7) is 0.419. The average molecular weight is 277 g/mol. The van der Waals surface area contributed by atoms with Crippen molar-refractivity contribution in [2.24, 2.45) is 0 Å². The Bertz CT molecular complexity index is 652. The Morgan fingerprint density at radius 1 is 1.10 bits per heavy atom. The first-order chi connectivity index (χ1) is 10.3. The Morgan fingerprint density at radius 3 is 2.48 bits per heavy atom. The number of carbonyl (C=O) groups excluding carboxylic acids is 1. The lowest BCUT2D eigenvalue weighted by Gasteiger charge is -2.01. The average Bonchev–Trinajstić information content (AvgIpc) is 2.55. The van der Waals surface area contributed by atoms with Crippen LogP contribution in [0.15, 0.2) is 60.7 Å². The molecule has 0 aliphatic rings. The molecule has 104 valence electrons. The van der Waals surface area contributed by atoms with E-state index >= 15 is 0 Å². The van der Waals surface area contributed by atoms with E-state index in [2.05, 4.69) is 0 Å². The molecule has 3 heteroatoms. The molecule has 3 nitrogen and oxygen atoms in total. The maximum atomic E-state index is 11.8. The van der Waals surface area contributed by atoms with E-state index in [9.17, 15) is 4.79 Å². The number of ketones is 1. The number of nitriles is 1. The van der Waals surface area contributed by atoms with Crippen LogP contribution in [0.25, 0.3) is 6.08 Å². The Labute approximate surface area is 124 Å². The highest BCUT2D eigenvalue weighted by Crippen LogP contribution is 2.05. The largest absolute Gasteiger partial charge is 0.369 e. The molecule has 0 amide bonds. The Morgan fingerprint density at radius 2 is 1.81 bits per heavy atom. The number of rotatable bonds is 6. The molecule has 0 radical (unpaired) electrons. The number of Topliss-reactive ketones (excluding diaryl/α,β-unsaturated/α-hetero) is 1. The summed E-state index contributed by atoms with van der Waals surface area (Å²) in [6, 6.07) is 18.5. The van der Waals surface area contributed by atoms with E-state index in [1.165, 1.54) is 0 Å². The second-order valence-corrected chi connectivity index (χ2v) is 4.44. The van der Waals surface area contributed by atoms with Crippen molar-refractivity contribution in [1.82, 2.24) is 0 Å². The number of ether oxygens (including phenoxy) is 1. The van der Waals surface area contributed by atoms with Crippen molar-refractivity contribution in [2.45, 2.75) is 0 Å². The van der Waals surface area contributed by atoms with Crippen molar-refractivity contribution in [3.8, 4) is 6.07 Å². The molecule has 0 saturated heterocycles. The highest BCUT2D eigenvalue weighted by molar-refractivity contribution is 5.97. The predicted octanol–water partition coefficient (Wildman–Crippen LogP) is 3.47. The van der Waals surface area contributed by atoms with Gasteiger partial charge in [0.1, 0.15) is 6.61 Å². The standard InChI is InChI=1S/C18H15NO2/c19-13-16-8-10-17(11-9-16)18(20)14-21-12-4-7-15-5-2-1-3-6-15/h1-11H,12,14H2. The van der Waals surface area contributed by atoms with Crippen LogP contribution in [0.4, 0.5) is 0 Å². The molecule has 21 heavy (non-hydrogen) atoms. The molecule has 0 unspecified atom stereocenters. The van der Waals surface area contributed by atoms with Crippen LogP contribution >= 0.6 is 0 Å². The quantitative estimate of drug-likeness (QED) is 0.600. The number of hydrogen-bond acceptors (Lipinski definition) is 3. The Balaban J connectivity index is 1.76. The number of hydrogen-bond donors (Lipinski definition) is 0. The van der Waals surface area contributed by atoms with E-state index in [0.717, 1.165) is 5.56 Å². The van der Waals surface area contributed by atoms with E-state index in [0.29, 0.717) is 17.7 Å². The van der Waals surface area contributed by atoms with Gasteiger partial charge in [-0.15, -0.1) is 0 Å². The van der Waals surface area contributed by atoms with Gasteiger partial charge < -0.3 is 4.74 Å². The van der Waals surface area contributed by atoms with Crippen molar-refractivity contribution < 1.29 is 9.53 Å².